The minimum absolute atomic E-state index is 0.258. The highest BCUT2D eigenvalue weighted by Crippen LogP contribution is 2.37. The summed E-state index contributed by atoms with van der Waals surface area (Å²) in [5.41, 5.74) is 11.1. The van der Waals surface area contributed by atoms with Crippen molar-refractivity contribution in [2.75, 3.05) is 11.9 Å². The van der Waals surface area contributed by atoms with E-state index in [4.69, 9.17) is 5.73 Å². The van der Waals surface area contributed by atoms with Gasteiger partial charge in [-0.15, -0.1) is 0 Å². The van der Waals surface area contributed by atoms with Crippen molar-refractivity contribution in [2.45, 2.75) is 25.3 Å². The number of amides is 3. The van der Waals surface area contributed by atoms with E-state index in [-0.39, 0.29) is 6.03 Å². The van der Waals surface area contributed by atoms with Gasteiger partial charge in [-0.1, -0.05) is 30.3 Å². The third-order valence-electron chi connectivity index (χ3n) is 4.89. The SMILES string of the molecule is NC(=O)C1CCCN1C(=O)Nc1ccc2c(c1)Cc1ccccc1-2. The fourth-order valence-electron chi connectivity index (χ4n) is 3.72. The monoisotopic (exact) mass is 321 g/mol. The van der Waals surface area contributed by atoms with E-state index in [0.29, 0.717) is 13.0 Å². The Hall–Kier alpha value is -2.82. The Labute approximate surface area is 140 Å². The molecule has 122 valence electrons. The summed E-state index contributed by atoms with van der Waals surface area (Å²) < 4.78 is 0. The van der Waals surface area contributed by atoms with Crippen molar-refractivity contribution in [2.24, 2.45) is 5.73 Å². The molecule has 4 rings (SSSR count). The molecular weight excluding hydrogens is 302 g/mol. The van der Waals surface area contributed by atoms with E-state index in [1.54, 1.807) is 0 Å². The maximum Gasteiger partial charge on any atom is 0.322 e. The molecule has 1 heterocycles. The molecule has 0 spiro atoms. The van der Waals surface area contributed by atoms with Crippen molar-refractivity contribution >= 4 is 17.6 Å². The van der Waals surface area contributed by atoms with E-state index in [9.17, 15) is 9.59 Å². The molecule has 0 saturated carbocycles. The quantitative estimate of drug-likeness (QED) is 0.761. The molecule has 0 radical (unpaired) electrons. The number of benzene rings is 2. The molecule has 1 fully saturated rings. The lowest BCUT2D eigenvalue weighted by molar-refractivity contribution is -0.121. The number of hydrogen-bond donors (Lipinski definition) is 2. The van der Waals surface area contributed by atoms with Crippen LogP contribution in [0.2, 0.25) is 0 Å². The highest BCUT2D eigenvalue weighted by molar-refractivity contribution is 5.94. The Bertz CT molecular complexity index is 831. The molecule has 1 aliphatic carbocycles. The zero-order valence-electron chi connectivity index (χ0n) is 13.3. The Kier molecular flexibility index (Phi) is 3.49. The second kappa shape index (κ2) is 5.67. The molecule has 1 aliphatic heterocycles. The van der Waals surface area contributed by atoms with Crippen LogP contribution < -0.4 is 11.1 Å². The number of nitrogens with two attached hydrogens (primary N) is 1. The fourth-order valence-corrected chi connectivity index (χ4v) is 3.72. The first-order valence-electron chi connectivity index (χ1n) is 8.21. The second-order valence-corrected chi connectivity index (χ2v) is 6.39. The third kappa shape index (κ3) is 2.42. The summed E-state index contributed by atoms with van der Waals surface area (Å²) in [6.45, 7) is 0.565. The summed E-state index contributed by atoms with van der Waals surface area (Å²) in [7, 11) is 0. The summed E-state index contributed by atoms with van der Waals surface area (Å²) in [6.07, 6.45) is 2.33. The number of carbonyl (C=O) groups is 2. The van der Waals surface area contributed by atoms with Crippen molar-refractivity contribution in [3.63, 3.8) is 0 Å². The van der Waals surface area contributed by atoms with Gasteiger partial charge in [0.15, 0.2) is 0 Å². The van der Waals surface area contributed by atoms with Crippen LogP contribution in [0.1, 0.15) is 24.0 Å². The highest BCUT2D eigenvalue weighted by Gasteiger charge is 2.32. The highest BCUT2D eigenvalue weighted by atomic mass is 16.2. The Morgan fingerprint density at radius 3 is 2.71 bits per heavy atom. The summed E-state index contributed by atoms with van der Waals surface area (Å²) >= 11 is 0. The summed E-state index contributed by atoms with van der Waals surface area (Å²) in [5, 5.41) is 2.90. The lowest BCUT2D eigenvalue weighted by Gasteiger charge is -2.22. The molecule has 1 unspecified atom stereocenters. The van der Waals surface area contributed by atoms with Crippen LogP contribution in [0.5, 0.6) is 0 Å². The average molecular weight is 321 g/mol. The van der Waals surface area contributed by atoms with Crippen molar-refractivity contribution < 1.29 is 9.59 Å². The summed E-state index contributed by atoms with van der Waals surface area (Å²) in [4.78, 5) is 25.4. The molecule has 5 nitrogen and oxygen atoms in total. The molecule has 1 atom stereocenters. The van der Waals surface area contributed by atoms with Gasteiger partial charge in [0.1, 0.15) is 6.04 Å². The maximum absolute atomic E-state index is 12.5. The predicted octanol–water partition coefficient (Wildman–Crippen LogP) is 2.74. The number of fused-ring (bicyclic) bond motifs is 3. The predicted molar refractivity (Wildman–Crippen MR) is 92.6 cm³/mol. The lowest BCUT2D eigenvalue weighted by Crippen LogP contribution is -2.45. The van der Waals surface area contributed by atoms with Crippen LogP contribution in [0, 0.1) is 0 Å². The first-order chi connectivity index (χ1) is 11.6. The number of urea groups is 1. The number of carbonyl (C=O) groups excluding carboxylic acids is 2. The van der Waals surface area contributed by atoms with Gasteiger partial charge < -0.3 is 16.0 Å². The van der Waals surface area contributed by atoms with E-state index in [1.807, 2.05) is 30.3 Å². The molecule has 2 aromatic rings. The standard InChI is InChI=1S/C19H19N3O2/c20-18(23)17-6-3-9-22(17)19(24)21-14-7-8-16-13(11-14)10-12-4-1-2-5-15(12)16/h1-2,4-5,7-8,11,17H,3,6,9-10H2,(H2,20,23)(H,21,24). The lowest BCUT2D eigenvalue weighted by atomic mass is 10.1. The van der Waals surface area contributed by atoms with Crippen molar-refractivity contribution in [1.82, 2.24) is 4.90 Å². The molecule has 2 aliphatic rings. The van der Waals surface area contributed by atoms with Gasteiger partial charge >= 0.3 is 6.03 Å². The first-order valence-corrected chi connectivity index (χ1v) is 8.21. The normalized spacial score (nSPS) is 18.2. The largest absolute Gasteiger partial charge is 0.368 e. The molecule has 2 aromatic carbocycles. The zero-order valence-corrected chi connectivity index (χ0v) is 13.3. The number of primary amides is 1. The fraction of sp³-hybridized carbons (Fsp3) is 0.263. The van der Waals surface area contributed by atoms with Crippen molar-refractivity contribution in [1.29, 1.82) is 0 Å². The van der Waals surface area contributed by atoms with Gasteiger partial charge in [-0.05, 0) is 53.6 Å². The van der Waals surface area contributed by atoms with Crippen LogP contribution in [-0.4, -0.2) is 29.4 Å². The Morgan fingerprint density at radius 2 is 1.88 bits per heavy atom. The number of anilines is 1. The van der Waals surface area contributed by atoms with Gasteiger partial charge in [0.2, 0.25) is 5.91 Å². The van der Waals surface area contributed by atoms with Gasteiger partial charge in [0.25, 0.3) is 0 Å². The number of likely N-dealkylation sites (tertiary alicyclic amines) is 1. The molecule has 1 saturated heterocycles. The number of hydrogen-bond acceptors (Lipinski definition) is 2. The molecule has 0 bridgehead atoms. The molecule has 24 heavy (non-hydrogen) atoms. The van der Waals surface area contributed by atoms with E-state index in [0.717, 1.165) is 18.5 Å². The zero-order chi connectivity index (χ0) is 16.7. The third-order valence-corrected chi connectivity index (χ3v) is 4.89. The number of rotatable bonds is 2. The Morgan fingerprint density at radius 1 is 1.08 bits per heavy atom. The molecular formula is C19H19N3O2. The molecule has 5 heteroatoms. The topological polar surface area (TPSA) is 75.4 Å². The second-order valence-electron chi connectivity index (χ2n) is 6.39. The van der Waals surface area contributed by atoms with E-state index in [2.05, 4.69) is 17.4 Å². The van der Waals surface area contributed by atoms with Gasteiger partial charge in [-0.2, -0.15) is 0 Å². The van der Waals surface area contributed by atoms with Crippen LogP contribution in [0.15, 0.2) is 42.5 Å². The minimum atomic E-state index is -0.497. The van der Waals surface area contributed by atoms with E-state index >= 15 is 0 Å². The van der Waals surface area contributed by atoms with Crippen LogP contribution >= 0.6 is 0 Å². The number of nitrogens with one attached hydrogen (secondary N) is 1. The maximum atomic E-state index is 12.5. The molecule has 3 amide bonds. The van der Waals surface area contributed by atoms with Crippen LogP contribution in [-0.2, 0) is 11.2 Å². The van der Waals surface area contributed by atoms with Crippen LogP contribution in [0.4, 0.5) is 10.5 Å². The van der Waals surface area contributed by atoms with E-state index in [1.165, 1.54) is 27.2 Å². The number of nitrogens with zero attached hydrogens (tertiary/aromatic N) is 1. The van der Waals surface area contributed by atoms with Crippen LogP contribution in [0.25, 0.3) is 11.1 Å². The van der Waals surface area contributed by atoms with E-state index < -0.39 is 11.9 Å². The van der Waals surface area contributed by atoms with Gasteiger partial charge in [0, 0.05) is 12.2 Å². The van der Waals surface area contributed by atoms with Gasteiger partial charge in [-0.25, -0.2) is 4.79 Å². The van der Waals surface area contributed by atoms with Crippen molar-refractivity contribution in [3.05, 3.63) is 53.6 Å². The van der Waals surface area contributed by atoms with Crippen molar-refractivity contribution in [3.8, 4) is 11.1 Å². The smallest absolute Gasteiger partial charge is 0.322 e. The average Bonchev–Trinajstić information content (AvgIpc) is 3.19. The van der Waals surface area contributed by atoms with Gasteiger partial charge in [0.05, 0.1) is 0 Å². The van der Waals surface area contributed by atoms with Crippen LogP contribution in [0.3, 0.4) is 0 Å². The summed E-state index contributed by atoms with van der Waals surface area (Å²) in [5.74, 6) is -0.438. The molecule has 0 aromatic heterocycles. The molecule has 3 N–H and O–H groups in total. The van der Waals surface area contributed by atoms with Gasteiger partial charge in [-0.3, -0.25) is 4.79 Å². The first kappa shape index (κ1) is 14.8. The summed E-state index contributed by atoms with van der Waals surface area (Å²) in [6, 6.07) is 13.6. The Balaban J connectivity index is 1.54. The minimum Gasteiger partial charge on any atom is -0.368 e.